The van der Waals surface area contributed by atoms with Gasteiger partial charge in [-0.2, -0.15) is 0 Å². The molecule has 3 heterocycles. The molecule has 0 aliphatic heterocycles. The van der Waals surface area contributed by atoms with Crippen LogP contribution in [0.15, 0.2) is 162 Å². The maximum atomic E-state index is 11.6. The molecule has 0 fully saturated rings. The number of phenolic OH excluding ortho intramolecular Hbond substituents is 1. The Balaban J connectivity index is 1.10. The van der Waals surface area contributed by atoms with E-state index in [0.717, 1.165) is 89.2 Å². The first kappa shape index (κ1) is 31.9. The Labute approximate surface area is 314 Å². The molecule has 0 saturated heterocycles. The number of phenols is 1. The summed E-state index contributed by atoms with van der Waals surface area (Å²) in [5, 5.41) is 13.8. The number of aromatic hydroxyl groups is 1. The molecule has 4 nitrogen and oxygen atoms in total. The standard InChI is InChI=1S/C50H36N2O2/c1-30-23-35(36-19-12-20-39-38-18-8-10-22-48(38)54-49(36)39)27-44(51-30)32-15-11-16-33(24-32)45-25-34(31-13-5-4-6-14-31)26-46(52-45)41-28-43-40(29-47(41)53)37-17-7-9-21-42(37)50(43,2)3/h4-29,53H,1-3H3. The van der Waals surface area contributed by atoms with Gasteiger partial charge in [0.2, 0.25) is 0 Å². The van der Waals surface area contributed by atoms with E-state index in [1.807, 2.05) is 37.3 Å². The van der Waals surface area contributed by atoms with Crippen molar-refractivity contribution in [3.63, 3.8) is 0 Å². The fraction of sp³-hybridized carbons (Fsp3) is 0.0800. The van der Waals surface area contributed by atoms with E-state index in [1.165, 1.54) is 16.7 Å². The number of hydrogen-bond acceptors (Lipinski definition) is 4. The first-order chi connectivity index (χ1) is 26.3. The fourth-order valence-electron chi connectivity index (χ4n) is 8.34. The van der Waals surface area contributed by atoms with E-state index in [1.54, 1.807) is 0 Å². The summed E-state index contributed by atoms with van der Waals surface area (Å²) in [6.45, 7) is 6.55. The number of aryl methyl sites for hydroxylation is 1. The van der Waals surface area contributed by atoms with Gasteiger partial charge in [-0.15, -0.1) is 0 Å². The van der Waals surface area contributed by atoms with Crippen LogP contribution in [-0.2, 0) is 5.41 Å². The highest BCUT2D eigenvalue weighted by Gasteiger charge is 2.36. The maximum absolute atomic E-state index is 11.6. The summed E-state index contributed by atoms with van der Waals surface area (Å²) in [5.41, 5.74) is 16.4. The minimum atomic E-state index is -0.210. The Morgan fingerprint density at radius 1 is 0.463 bits per heavy atom. The molecule has 3 aromatic heterocycles. The van der Waals surface area contributed by atoms with E-state index in [9.17, 15) is 5.11 Å². The molecule has 0 amide bonds. The number of fused-ring (bicyclic) bond motifs is 6. The lowest BCUT2D eigenvalue weighted by Gasteiger charge is -2.22. The number of benzene rings is 6. The molecule has 1 aliphatic carbocycles. The molecular weight excluding hydrogens is 661 g/mol. The minimum Gasteiger partial charge on any atom is -0.507 e. The number of aromatic nitrogens is 2. The highest BCUT2D eigenvalue weighted by molar-refractivity contribution is 6.09. The summed E-state index contributed by atoms with van der Waals surface area (Å²) >= 11 is 0. The topological polar surface area (TPSA) is 59.2 Å². The van der Waals surface area contributed by atoms with E-state index in [4.69, 9.17) is 14.4 Å². The zero-order chi connectivity index (χ0) is 36.6. The molecular formula is C50H36N2O2. The van der Waals surface area contributed by atoms with Crippen molar-refractivity contribution in [3.05, 3.63) is 175 Å². The SMILES string of the molecule is Cc1cc(-c2cccc3c2oc2ccccc23)cc(-c2cccc(-c3cc(-c4ccccc4)cc(-c4cc5c(cc4O)-c4ccccc4C5(C)C)n3)c2)n1. The van der Waals surface area contributed by atoms with Crippen molar-refractivity contribution in [3.8, 4) is 72.9 Å². The van der Waals surface area contributed by atoms with Crippen molar-refractivity contribution in [2.24, 2.45) is 0 Å². The summed E-state index contributed by atoms with van der Waals surface area (Å²) in [4.78, 5) is 10.3. The fourth-order valence-corrected chi connectivity index (χ4v) is 8.34. The molecule has 10 rings (SSSR count). The van der Waals surface area contributed by atoms with Gasteiger partial charge in [-0.05, 0) is 94.4 Å². The second-order valence-corrected chi connectivity index (χ2v) is 14.8. The number of pyridine rings is 2. The molecule has 4 heteroatoms. The lowest BCUT2D eigenvalue weighted by atomic mass is 9.81. The summed E-state index contributed by atoms with van der Waals surface area (Å²) in [7, 11) is 0. The second-order valence-electron chi connectivity index (χ2n) is 14.8. The largest absolute Gasteiger partial charge is 0.507 e. The van der Waals surface area contributed by atoms with Crippen LogP contribution in [0.1, 0.15) is 30.7 Å². The van der Waals surface area contributed by atoms with Crippen molar-refractivity contribution < 1.29 is 9.52 Å². The van der Waals surface area contributed by atoms with Gasteiger partial charge < -0.3 is 9.52 Å². The van der Waals surface area contributed by atoms with Crippen LogP contribution in [0.2, 0.25) is 0 Å². The predicted octanol–water partition coefficient (Wildman–Crippen LogP) is 13.0. The van der Waals surface area contributed by atoms with E-state index in [2.05, 4.69) is 141 Å². The van der Waals surface area contributed by atoms with Gasteiger partial charge in [0.05, 0.1) is 17.1 Å². The van der Waals surface area contributed by atoms with Gasteiger partial charge in [0, 0.05) is 44.1 Å². The predicted molar refractivity (Wildman–Crippen MR) is 220 cm³/mol. The molecule has 9 aromatic rings. The van der Waals surface area contributed by atoms with Crippen molar-refractivity contribution in [2.75, 3.05) is 0 Å². The zero-order valence-corrected chi connectivity index (χ0v) is 30.3. The molecule has 0 bridgehead atoms. The third-order valence-corrected chi connectivity index (χ3v) is 11.0. The number of nitrogens with zero attached hydrogens (tertiary/aromatic N) is 2. The van der Waals surface area contributed by atoms with Crippen LogP contribution in [-0.4, -0.2) is 15.1 Å². The van der Waals surface area contributed by atoms with Crippen molar-refractivity contribution in [1.29, 1.82) is 0 Å². The van der Waals surface area contributed by atoms with Crippen LogP contribution in [0.25, 0.3) is 89.1 Å². The molecule has 6 aromatic carbocycles. The summed E-state index contributed by atoms with van der Waals surface area (Å²) in [6, 6.07) is 54.4. The van der Waals surface area contributed by atoms with Crippen LogP contribution in [0, 0.1) is 6.92 Å². The smallest absolute Gasteiger partial charge is 0.143 e. The first-order valence-corrected chi connectivity index (χ1v) is 18.4. The van der Waals surface area contributed by atoms with Gasteiger partial charge >= 0.3 is 0 Å². The van der Waals surface area contributed by atoms with E-state index in [0.29, 0.717) is 0 Å². The highest BCUT2D eigenvalue weighted by Crippen LogP contribution is 2.51. The van der Waals surface area contributed by atoms with E-state index in [-0.39, 0.29) is 11.2 Å². The Kier molecular flexibility index (Phi) is 7.18. The molecule has 0 spiro atoms. The normalized spacial score (nSPS) is 12.9. The number of hydrogen-bond donors (Lipinski definition) is 1. The second kappa shape index (κ2) is 12.1. The molecule has 0 unspecified atom stereocenters. The van der Waals surface area contributed by atoms with E-state index < -0.39 is 0 Å². The van der Waals surface area contributed by atoms with Gasteiger partial charge in [0.25, 0.3) is 0 Å². The van der Waals surface area contributed by atoms with Gasteiger partial charge in [-0.25, -0.2) is 4.98 Å². The van der Waals surface area contributed by atoms with Gasteiger partial charge in [0.1, 0.15) is 16.9 Å². The maximum Gasteiger partial charge on any atom is 0.143 e. The minimum absolute atomic E-state index is 0.210. The lowest BCUT2D eigenvalue weighted by molar-refractivity contribution is 0.477. The Hall–Kier alpha value is -6.78. The average molecular weight is 697 g/mol. The third kappa shape index (κ3) is 5.14. The summed E-state index contributed by atoms with van der Waals surface area (Å²) in [6.07, 6.45) is 0. The number of rotatable bonds is 5. The molecule has 1 aliphatic rings. The van der Waals surface area contributed by atoms with Crippen LogP contribution in [0.4, 0.5) is 0 Å². The molecule has 0 radical (unpaired) electrons. The average Bonchev–Trinajstić information content (AvgIpc) is 3.69. The van der Waals surface area contributed by atoms with Crippen molar-refractivity contribution in [2.45, 2.75) is 26.2 Å². The molecule has 258 valence electrons. The monoisotopic (exact) mass is 696 g/mol. The molecule has 54 heavy (non-hydrogen) atoms. The first-order valence-electron chi connectivity index (χ1n) is 18.4. The van der Waals surface area contributed by atoms with Gasteiger partial charge in [0.15, 0.2) is 0 Å². The summed E-state index contributed by atoms with van der Waals surface area (Å²) < 4.78 is 6.41. The Morgan fingerprint density at radius 2 is 1.11 bits per heavy atom. The van der Waals surface area contributed by atoms with Crippen molar-refractivity contribution in [1.82, 2.24) is 9.97 Å². The van der Waals surface area contributed by atoms with Gasteiger partial charge in [-0.3, -0.25) is 4.98 Å². The van der Waals surface area contributed by atoms with Crippen LogP contribution in [0.3, 0.4) is 0 Å². The van der Waals surface area contributed by atoms with Gasteiger partial charge in [-0.1, -0.05) is 123 Å². The van der Waals surface area contributed by atoms with Crippen LogP contribution >= 0.6 is 0 Å². The molecule has 0 saturated carbocycles. The van der Waals surface area contributed by atoms with Crippen molar-refractivity contribution >= 4 is 21.9 Å². The number of furan rings is 1. The van der Waals surface area contributed by atoms with E-state index >= 15 is 0 Å². The lowest BCUT2D eigenvalue weighted by Crippen LogP contribution is -2.15. The molecule has 0 atom stereocenters. The third-order valence-electron chi connectivity index (χ3n) is 11.0. The molecule has 1 N–H and O–H groups in total. The zero-order valence-electron chi connectivity index (χ0n) is 30.3. The highest BCUT2D eigenvalue weighted by atomic mass is 16.3. The number of para-hydroxylation sites is 2. The van der Waals surface area contributed by atoms with Crippen LogP contribution < -0.4 is 0 Å². The Morgan fingerprint density at radius 3 is 1.96 bits per heavy atom. The van der Waals surface area contributed by atoms with Crippen LogP contribution in [0.5, 0.6) is 5.75 Å². The Bertz CT molecular complexity index is 2940. The quantitative estimate of drug-likeness (QED) is 0.195. The summed E-state index contributed by atoms with van der Waals surface area (Å²) in [5.74, 6) is 0.217.